The second-order valence-electron chi connectivity index (χ2n) is 4.97. The van der Waals surface area contributed by atoms with Crippen molar-refractivity contribution >= 4 is 5.82 Å². The molecule has 0 unspecified atom stereocenters. The first-order chi connectivity index (χ1) is 8.45. The summed E-state index contributed by atoms with van der Waals surface area (Å²) in [6.07, 6.45) is 1.39. The number of nitrogens with two attached hydrogens (primary N) is 1. The van der Waals surface area contributed by atoms with Gasteiger partial charge in [0.05, 0.1) is 13.4 Å². The molecule has 0 amide bonds. The minimum atomic E-state index is -0.272. The molecule has 0 fully saturated rings. The van der Waals surface area contributed by atoms with Crippen LogP contribution in [0.2, 0.25) is 0 Å². The van der Waals surface area contributed by atoms with E-state index in [4.69, 9.17) is 10.5 Å². The van der Waals surface area contributed by atoms with Gasteiger partial charge >= 0.3 is 0 Å². The molecule has 18 heavy (non-hydrogen) atoms. The van der Waals surface area contributed by atoms with E-state index in [0.29, 0.717) is 18.9 Å². The topological polar surface area (TPSA) is 84.2 Å². The first kappa shape index (κ1) is 14.5. The number of aromatic nitrogens is 2. The van der Waals surface area contributed by atoms with Gasteiger partial charge in [0.15, 0.2) is 5.82 Å². The summed E-state index contributed by atoms with van der Waals surface area (Å²) in [7, 11) is 1.47. The number of H-pyrrole nitrogens is 1. The van der Waals surface area contributed by atoms with Crippen LogP contribution in [0, 0.1) is 5.41 Å². The SMILES string of the molecule is CCN(CC(C)(C)CN)c1nc[nH]c(=O)c1OC. The zero-order valence-corrected chi connectivity index (χ0v) is 11.5. The second-order valence-corrected chi connectivity index (χ2v) is 4.97. The highest BCUT2D eigenvalue weighted by atomic mass is 16.5. The molecule has 6 heteroatoms. The summed E-state index contributed by atoms with van der Waals surface area (Å²) in [5.74, 6) is 0.803. The molecule has 0 aromatic carbocycles. The maximum absolute atomic E-state index is 11.7. The Morgan fingerprint density at radius 2 is 2.22 bits per heavy atom. The Hall–Kier alpha value is -1.56. The molecular formula is C12H22N4O2. The summed E-state index contributed by atoms with van der Waals surface area (Å²) >= 11 is 0. The third-order valence-electron chi connectivity index (χ3n) is 2.85. The molecule has 0 aliphatic carbocycles. The Kier molecular flexibility index (Phi) is 4.72. The Morgan fingerprint density at radius 3 is 2.72 bits per heavy atom. The van der Waals surface area contributed by atoms with Crippen LogP contribution in [-0.4, -0.2) is 36.7 Å². The average molecular weight is 254 g/mol. The molecule has 0 saturated carbocycles. The van der Waals surface area contributed by atoms with Crippen LogP contribution in [0.1, 0.15) is 20.8 Å². The van der Waals surface area contributed by atoms with Crippen LogP contribution < -0.4 is 20.9 Å². The highest BCUT2D eigenvalue weighted by Gasteiger charge is 2.23. The molecule has 1 heterocycles. The molecule has 1 aromatic heterocycles. The summed E-state index contributed by atoms with van der Waals surface area (Å²) in [5, 5.41) is 0. The summed E-state index contributed by atoms with van der Waals surface area (Å²) in [5.41, 5.74) is 5.42. The average Bonchev–Trinajstić information content (AvgIpc) is 2.35. The predicted octanol–water partition coefficient (Wildman–Crippen LogP) is 0.590. The second kappa shape index (κ2) is 5.86. The molecule has 0 aliphatic rings. The number of aromatic amines is 1. The van der Waals surface area contributed by atoms with Crippen molar-refractivity contribution in [3.63, 3.8) is 0 Å². The van der Waals surface area contributed by atoms with E-state index in [1.807, 2.05) is 11.8 Å². The van der Waals surface area contributed by atoms with E-state index in [1.54, 1.807) is 0 Å². The van der Waals surface area contributed by atoms with E-state index in [2.05, 4.69) is 23.8 Å². The van der Waals surface area contributed by atoms with E-state index in [-0.39, 0.29) is 16.7 Å². The molecule has 3 N–H and O–H groups in total. The fourth-order valence-corrected chi connectivity index (χ4v) is 1.70. The van der Waals surface area contributed by atoms with Crippen LogP contribution in [0.5, 0.6) is 5.75 Å². The fourth-order valence-electron chi connectivity index (χ4n) is 1.70. The molecule has 0 atom stereocenters. The van der Waals surface area contributed by atoms with Gasteiger partial charge in [-0.3, -0.25) is 4.79 Å². The van der Waals surface area contributed by atoms with Crippen molar-refractivity contribution < 1.29 is 4.74 Å². The zero-order valence-electron chi connectivity index (χ0n) is 11.5. The lowest BCUT2D eigenvalue weighted by atomic mass is 9.93. The molecule has 102 valence electrons. The van der Waals surface area contributed by atoms with Gasteiger partial charge in [-0.2, -0.15) is 0 Å². The Balaban J connectivity index is 3.10. The summed E-state index contributed by atoms with van der Waals surface area (Å²) in [6.45, 7) is 8.18. The van der Waals surface area contributed by atoms with Gasteiger partial charge in [-0.1, -0.05) is 13.8 Å². The van der Waals surface area contributed by atoms with E-state index in [1.165, 1.54) is 13.4 Å². The molecular weight excluding hydrogens is 232 g/mol. The van der Waals surface area contributed by atoms with E-state index in [9.17, 15) is 4.79 Å². The van der Waals surface area contributed by atoms with Crippen LogP contribution in [-0.2, 0) is 0 Å². The van der Waals surface area contributed by atoms with Crippen molar-refractivity contribution in [3.8, 4) is 5.75 Å². The Labute approximate surface area is 107 Å². The zero-order chi connectivity index (χ0) is 13.8. The van der Waals surface area contributed by atoms with Crippen molar-refractivity contribution in [3.05, 3.63) is 16.7 Å². The van der Waals surface area contributed by atoms with Gasteiger partial charge in [-0.25, -0.2) is 4.98 Å². The maximum Gasteiger partial charge on any atom is 0.295 e. The number of hydrogen-bond donors (Lipinski definition) is 2. The number of nitrogens with one attached hydrogen (secondary N) is 1. The van der Waals surface area contributed by atoms with Crippen molar-refractivity contribution in [2.45, 2.75) is 20.8 Å². The van der Waals surface area contributed by atoms with Crippen LogP contribution in [0.25, 0.3) is 0 Å². The van der Waals surface area contributed by atoms with Crippen LogP contribution in [0.4, 0.5) is 5.82 Å². The molecule has 0 radical (unpaired) electrons. The minimum absolute atomic E-state index is 0.0503. The summed E-state index contributed by atoms with van der Waals surface area (Å²) in [6, 6.07) is 0. The van der Waals surface area contributed by atoms with Gasteiger partial charge in [-0.15, -0.1) is 0 Å². The highest BCUT2D eigenvalue weighted by Crippen LogP contribution is 2.24. The summed E-state index contributed by atoms with van der Waals surface area (Å²) in [4.78, 5) is 20.4. The number of nitrogens with zero attached hydrogens (tertiary/aromatic N) is 2. The van der Waals surface area contributed by atoms with Gasteiger partial charge in [-0.05, 0) is 18.9 Å². The van der Waals surface area contributed by atoms with Gasteiger partial charge in [0.25, 0.3) is 5.56 Å². The minimum Gasteiger partial charge on any atom is -0.489 e. The van der Waals surface area contributed by atoms with E-state index >= 15 is 0 Å². The van der Waals surface area contributed by atoms with Crippen LogP contribution in [0.3, 0.4) is 0 Å². The fraction of sp³-hybridized carbons (Fsp3) is 0.667. The number of hydrogen-bond acceptors (Lipinski definition) is 5. The summed E-state index contributed by atoms with van der Waals surface area (Å²) < 4.78 is 5.13. The smallest absolute Gasteiger partial charge is 0.295 e. The standard InChI is InChI=1S/C12H22N4O2/c1-5-16(7-12(2,3)6-13)10-9(18-4)11(17)15-8-14-10/h8H,5-7,13H2,1-4H3,(H,14,15,17). The van der Waals surface area contributed by atoms with Gasteiger partial charge in [0, 0.05) is 13.1 Å². The van der Waals surface area contributed by atoms with E-state index < -0.39 is 0 Å². The molecule has 1 aromatic rings. The lowest BCUT2D eigenvalue weighted by Gasteiger charge is -2.32. The normalized spacial score (nSPS) is 11.4. The quantitative estimate of drug-likeness (QED) is 0.776. The third kappa shape index (κ3) is 3.22. The van der Waals surface area contributed by atoms with E-state index in [0.717, 1.165) is 6.54 Å². The van der Waals surface area contributed by atoms with Crippen molar-refractivity contribution in [2.24, 2.45) is 11.1 Å². The van der Waals surface area contributed by atoms with Gasteiger partial charge < -0.3 is 20.4 Å². The van der Waals surface area contributed by atoms with Crippen molar-refractivity contribution in [1.29, 1.82) is 0 Å². The van der Waals surface area contributed by atoms with Crippen LogP contribution >= 0.6 is 0 Å². The molecule has 0 saturated heterocycles. The molecule has 1 rings (SSSR count). The first-order valence-corrected chi connectivity index (χ1v) is 6.02. The lowest BCUT2D eigenvalue weighted by Crippen LogP contribution is -2.39. The number of anilines is 1. The monoisotopic (exact) mass is 254 g/mol. The largest absolute Gasteiger partial charge is 0.489 e. The molecule has 6 nitrogen and oxygen atoms in total. The highest BCUT2D eigenvalue weighted by molar-refractivity contribution is 5.50. The molecule has 0 spiro atoms. The number of rotatable bonds is 6. The molecule has 0 bridgehead atoms. The van der Waals surface area contributed by atoms with Gasteiger partial charge in [0.2, 0.25) is 5.75 Å². The first-order valence-electron chi connectivity index (χ1n) is 6.02. The number of ether oxygens (including phenoxy) is 1. The third-order valence-corrected chi connectivity index (χ3v) is 2.85. The maximum atomic E-state index is 11.7. The lowest BCUT2D eigenvalue weighted by molar-refractivity contribution is 0.370. The molecule has 0 aliphatic heterocycles. The van der Waals surface area contributed by atoms with Crippen LogP contribution in [0.15, 0.2) is 11.1 Å². The Morgan fingerprint density at radius 1 is 1.56 bits per heavy atom. The van der Waals surface area contributed by atoms with Crippen molar-refractivity contribution in [1.82, 2.24) is 9.97 Å². The Bertz CT molecular complexity index is 442. The number of methoxy groups -OCH3 is 1. The van der Waals surface area contributed by atoms with Crippen molar-refractivity contribution in [2.75, 3.05) is 31.6 Å². The predicted molar refractivity (Wildman–Crippen MR) is 72.1 cm³/mol. The van der Waals surface area contributed by atoms with Gasteiger partial charge in [0.1, 0.15) is 0 Å².